The van der Waals surface area contributed by atoms with Gasteiger partial charge in [-0.2, -0.15) is 0 Å². The number of rotatable bonds is 4. The standard InChI is InChI=1S/C15H15N3O/c1-19-13-6-4-12(5-7-13)17-9-11-10-18-15-14(11)3-2-8-16-15/h2-8,10,17H,9H2,1H3,(H,16,18). The fourth-order valence-electron chi connectivity index (χ4n) is 2.07. The summed E-state index contributed by atoms with van der Waals surface area (Å²) in [6, 6.07) is 11.9. The van der Waals surface area contributed by atoms with Gasteiger partial charge in [-0.05, 0) is 42.0 Å². The zero-order valence-corrected chi connectivity index (χ0v) is 10.7. The van der Waals surface area contributed by atoms with Crippen LogP contribution in [-0.2, 0) is 6.54 Å². The maximum absolute atomic E-state index is 5.14. The van der Waals surface area contributed by atoms with Crippen molar-refractivity contribution in [3.63, 3.8) is 0 Å². The summed E-state index contributed by atoms with van der Waals surface area (Å²) in [4.78, 5) is 7.45. The smallest absolute Gasteiger partial charge is 0.137 e. The first-order valence-corrected chi connectivity index (χ1v) is 6.16. The lowest BCUT2D eigenvalue weighted by molar-refractivity contribution is 0.415. The van der Waals surface area contributed by atoms with Crippen LogP contribution in [0.5, 0.6) is 5.75 Å². The molecule has 2 aromatic heterocycles. The van der Waals surface area contributed by atoms with E-state index in [1.807, 2.05) is 36.5 Å². The number of nitrogens with zero attached hydrogens (tertiary/aromatic N) is 1. The number of nitrogens with one attached hydrogen (secondary N) is 2. The van der Waals surface area contributed by atoms with Crippen molar-refractivity contribution in [2.45, 2.75) is 6.54 Å². The maximum atomic E-state index is 5.14. The molecule has 1 aromatic carbocycles. The van der Waals surface area contributed by atoms with Gasteiger partial charge in [0, 0.05) is 30.0 Å². The van der Waals surface area contributed by atoms with Crippen molar-refractivity contribution in [1.82, 2.24) is 9.97 Å². The topological polar surface area (TPSA) is 49.9 Å². The number of aromatic nitrogens is 2. The highest BCUT2D eigenvalue weighted by Gasteiger charge is 2.03. The molecule has 0 aliphatic rings. The summed E-state index contributed by atoms with van der Waals surface area (Å²) in [6.07, 6.45) is 3.79. The van der Waals surface area contributed by atoms with Crippen molar-refractivity contribution in [2.75, 3.05) is 12.4 Å². The Bertz CT molecular complexity index is 673. The number of ether oxygens (including phenoxy) is 1. The Labute approximate surface area is 111 Å². The van der Waals surface area contributed by atoms with Crippen LogP contribution in [0.15, 0.2) is 48.8 Å². The van der Waals surface area contributed by atoms with Crippen LogP contribution < -0.4 is 10.1 Å². The minimum absolute atomic E-state index is 0.762. The molecule has 0 saturated carbocycles. The number of anilines is 1. The third-order valence-electron chi connectivity index (χ3n) is 3.11. The number of aromatic amines is 1. The molecule has 0 radical (unpaired) electrons. The van der Waals surface area contributed by atoms with Crippen LogP contribution in [0, 0.1) is 0 Å². The first-order chi connectivity index (χ1) is 9.36. The highest BCUT2D eigenvalue weighted by Crippen LogP contribution is 2.19. The number of H-pyrrole nitrogens is 1. The van der Waals surface area contributed by atoms with Crippen LogP contribution in [0.25, 0.3) is 11.0 Å². The van der Waals surface area contributed by atoms with E-state index in [1.165, 1.54) is 5.56 Å². The van der Waals surface area contributed by atoms with Gasteiger partial charge in [0.15, 0.2) is 0 Å². The largest absolute Gasteiger partial charge is 0.497 e. The van der Waals surface area contributed by atoms with E-state index in [0.717, 1.165) is 29.0 Å². The second-order valence-corrected chi connectivity index (χ2v) is 4.30. The first kappa shape index (κ1) is 11.6. The third kappa shape index (κ3) is 2.38. The van der Waals surface area contributed by atoms with Gasteiger partial charge >= 0.3 is 0 Å². The van der Waals surface area contributed by atoms with Crippen LogP contribution in [0.3, 0.4) is 0 Å². The number of fused-ring (bicyclic) bond motifs is 1. The Kier molecular flexibility index (Phi) is 3.06. The predicted molar refractivity (Wildman–Crippen MR) is 76.4 cm³/mol. The van der Waals surface area contributed by atoms with Crippen molar-refractivity contribution in [1.29, 1.82) is 0 Å². The third-order valence-corrected chi connectivity index (χ3v) is 3.11. The molecule has 0 amide bonds. The summed E-state index contributed by atoms with van der Waals surface area (Å²) in [5.41, 5.74) is 3.20. The number of hydrogen-bond donors (Lipinski definition) is 2. The van der Waals surface area contributed by atoms with Gasteiger partial charge in [0.2, 0.25) is 0 Å². The van der Waals surface area contributed by atoms with E-state index in [-0.39, 0.29) is 0 Å². The van der Waals surface area contributed by atoms with E-state index >= 15 is 0 Å². The Morgan fingerprint density at radius 3 is 2.84 bits per heavy atom. The molecule has 19 heavy (non-hydrogen) atoms. The molecule has 0 atom stereocenters. The van der Waals surface area contributed by atoms with Crippen molar-refractivity contribution >= 4 is 16.7 Å². The molecule has 0 aliphatic heterocycles. The number of pyridine rings is 1. The van der Waals surface area contributed by atoms with Crippen LogP contribution >= 0.6 is 0 Å². The van der Waals surface area contributed by atoms with Crippen molar-refractivity contribution in [2.24, 2.45) is 0 Å². The van der Waals surface area contributed by atoms with Crippen molar-refractivity contribution in [3.05, 3.63) is 54.4 Å². The second kappa shape index (κ2) is 5.02. The van der Waals surface area contributed by atoms with Gasteiger partial charge in [-0.25, -0.2) is 4.98 Å². The monoisotopic (exact) mass is 253 g/mol. The molecular weight excluding hydrogens is 238 g/mol. The zero-order chi connectivity index (χ0) is 13.1. The van der Waals surface area contributed by atoms with Gasteiger partial charge < -0.3 is 15.0 Å². The lowest BCUT2D eigenvalue weighted by Gasteiger charge is -2.06. The Balaban J connectivity index is 1.74. The molecule has 0 fully saturated rings. The van der Waals surface area contributed by atoms with Gasteiger partial charge in [0.1, 0.15) is 11.4 Å². The Morgan fingerprint density at radius 1 is 1.21 bits per heavy atom. The van der Waals surface area contributed by atoms with Crippen LogP contribution in [-0.4, -0.2) is 17.1 Å². The second-order valence-electron chi connectivity index (χ2n) is 4.30. The highest BCUT2D eigenvalue weighted by molar-refractivity contribution is 5.79. The highest BCUT2D eigenvalue weighted by atomic mass is 16.5. The van der Waals surface area contributed by atoms with E-state index in [9.17, 15) is 0 Å². The molecule has 0 bridgehead atoms. The summed E-state index contributed by atoms with van der Waals surface area (Å²) in [5, 5.41) is 4.54. The molecule has 4 nitrogen and oxygen atoms in total. The summed E-state index contributed by atoms with van der Waals surface area (Å²) in [6.45, 7) is 0.762. The van der Waals surface area contributed by atoms with E-state index in [4.69, 9.17) is 4.74 Å². The minimum Gasteiger partial charge on any atom is -0.497 e. The van der Waals surface area contributed by atoms with Crippen LogP contribution in [0.2, 0.25) is 0 Å². The number of methoxy groups -OCH3 is 1. The van der Waals surface area contributed by atoms with Gasteiger partial charge in [-0.3, -0.25) is 0 Å². The van der Waals surface area contributed by atoms with Gasteiger partial charge in [-0.1, -0.05) is 0 Å². The molecule has 0 saturated heterocycles. The summed E-state index contributed by atoms with van der Waals surface area (Å²) >= 11 is 0. The molecule has 0 aliphatic carbocycles. The quantitative estimate of drug-likeness (QED) is 0.750. The molecule has 3 rings (SSSR count). The fourth-order valence-corrected chi connectivity index (χ4v) is 2.07. The van der Waals surface area contributed by atoms with Crippen LogP contribution in [0.1, 0.15) is 5.56 Å². The fraction of sp³-hybridized carbons (Fsp3) is 0.133. The van der Waals surface area contributed by atoms with Gasteiger partial charge in [0.05, 0.1) is 7.11 Å². The lowest BCUT2D eigenvalue weighted by Crippen LogP contribution is -1.98. The molecule has 0 spiro atoms. The molecule has 2 N–H and O–H groups in total. The zero-order valence-electron chi connectivity index (χ0n) is 10.7. The average Bonchev–Trinajstić information content (AvgIpc) is 2.89. The molecular formula is C15H15N3O. The maximum Gasteiger partial charge on any atom is 0.137 e. The Morgan fingerprint density at radius 2 is 2.05 bits per heavy atom. The summed E-state index contributed by atoms with van der Waals surface area (Å²) in [7, 11) is 1.67. The van der Waals surface area contributed by atoms with Crippen molar-refractivity contribution < 1.29 is 4.74 Å². The normalized spacial score (nSPS) is 10.6. The first-order valence-electron chi connectivity index (χ1n) is 6.16. The van der Waals surface area contributed by atoms with Crippen LogP contribution in [0.4, 0.5) is 5.69 Å². The van der Waals surface area contributed by atoms with E-state index in [1.54, 1.807) is 13.3 Å². The van der Waals surface area contributed by atoms with E-state index in [2.05, 4.69) is 21.4 Å². The molecule has 2 heterocycles. The Hall–Kier alpha value is -2.49. The lowest BCUT2D eigenvalue weighted by atomic mass is 10.2. The van der Waals surface area contributed by atoms with Gasteiger partial charge in [-0.15, -0.1) is 0 Å². The SMILES string of the molecule is COc1ccc(NCc2c[nH]c3ncccc23)cc1. The van der Waals surface area contributed by atoms with Gasteiger partial charge in [0.25, 0.3) is 0 Å². The molecule has 96 valence electrons. The average molecular weight is 253 g/mol. The molecule has 0 unspecified atom stereocenters. The van der Waals surface area contributed by atoms with Crippen molar-refractivity contribution in [3.8, 4) is 5.75 Å². The summed E-state index contributed by atoms with van der Waals surface area (Å²) in [5.74, 6) is 0.863. The molecule has 4 heteroatoms. The van der Waals surface area contributed by atoms with E-state index in [0.29, 0.717) is 0 Å². The number of hydrogen-bond acceptors (Lipinski definition) is 3. The molecule has 3 aromatic rings. The predicted octanol–water partition coefficient (Wildman–Crippen LogP) is 3.18. The number of benzene rings is 1. The minimum atomic E-state index is 0.762. The van der Waals surface area contributed by atoms with E-state index < -0.39 is 0 Å². The summed E-state index contributed by atoms with van der Waals surface area (Å²) < 4.78 is 5.14.